The SMILES string of the molecule is c1ccc(-c2cc(-c3cc(-c4ccc5ccccc5c4)cc4oc5ccccc5c34)nc(-c3ccc4ccccc4c3)n2)cc1. The van der Waals surface area contributed by atoms with Crippen molar-refractivity contribution in [3.63, 3.8) is 0 Å². The lowest BCUT2D eigenvalue weighted by Crippen LogP contribution is -1.96. The maximum Gasteiger partial charge on any atom is 0.160 e. The van der Waals surface area contributed by atoms with Gasteiger partial charge in [0.25, 0.3) is 0 Å². The largest absolute Gasteiger partial charge is 0.456 e. The van der Waals surface area contributed by atoms with Gasteiger partial charge in [-0.1, -0.05) is 121 Å². The molecular weight excluding hydrogens is 548 g/mol. The Bertz CT molecular complexity index is 2550. The Hall–Kier alpha value is -6.06. The first-order valence-corrected chi connectivity index (χ1v) is 15.2. The van der Waals surface area contributed by atoms with Crippen LogP contribution in [0.3, 0.4) is 0 Å². The summed E-state index contributed by atoms with van der Waals surface area (Å²) in [7, 11) is 0. The molecule has 2 aromatic heterocycles. The number of hydrogen-bond donors (Lipinski definition) is 0. The van der Waals surface area contributed by atoms with Crippen molar-refractivity contribution in [1.29, 1.82) is 0 Å². The van der Waals surface area contributed by atoms with Crippen LogP contribution in [0.1, 0.15) is 0 Å². The van der Waals surface area contributed by atoms with Crippen molar-refractivity contribution in [1.82, 2.24) is 9.97 Å². The number of nitrogens with zero attached hydrogens (tertiary/aromatic N) is 2. The van der Waals surface area contributed by atoms with Crippen molar-refractivity contribution in [2.24, 2.45) is 0 Å². The van der Waals surface area contributed by atoms with Gasteiger partial charge in [0.2, 0.25) is 0 Å². The van der Waals surface area contributed by atoms with E-state index in [1.54, 1.807) is 0 Å². The van der Waals surface area contributed by atoms with Gasteiger partial charge in [0, 0.05) is 27.5 Å². The molecule has 0 aliphatic rings. The van der Waals surface area contributed by atoms with E-state index in [9.17, 15) is 0 Å². The minimum absolute atomic E-state index is 0.689. The average Bonchev–Trinajstić information content (AvgIpc) is 3.49. The van der Waals surface area contributed by atoms with Gasteiger partial charge in [-0.3, -0.25) is 0 Å². The highest BCUT2D eigenvalue weighted by atomic mass is 16.3. The zero-order valence-electron chi connectivity index (χ0n) is 24.3. The zero-order chi connectivity index (χ0) is 29.7. The number of para-hydroxylation sites is 1. The van der Waals surface area contributed by atoms with Crippen LogP contribution in [0.25, 0.3) is 88.5 Å². The lowest BCUT2D eigenvalue weighted by atomic mass is 9.95. The van der Waals surface area contributed by atoms with Crippen molar-refractivity contribution in [3.05, 3.63) is 158 Å². The van der Waals surface area contributed by atoms with Crippen molar-refractivity contribution in [2.45, 2.75) is 0 Å². The molecule has 0 spiro atoms. The molecule has 3 nitrogen and oxygen atoms in total. The molecule has 0 radical (unpaired) electrons. The molecule has 45 heavy (non-hydrogen) atoms. The second-order valence-corrected chi connectivity index (χ2v) is 11.4. The second-order valence-electron chi connectivity index (χ2n) is 11.4. The van der Waals surface area contributed by atoms with E-state index in [0.29, 0.717) is 5.82 Å². The summed E-state index contributed by atoms with van der Waals surface area (Å²) >= 11 is 0. The van der Waals surface area contributed by atoms with Crippen molar-refractivity contribution in [2.75, 3.05) is 0 Å². The number of fused-ring (bicyclic) bond motifs is 5. The van der Waals surface area contributed by atoms with E-state index in [0.717, 1.165) is 66.5 Å². The highest BCUT2D eigenvalue weighted by Crippen LogP contribution is 2.41. The first kappa shape index (κ1) is 25.4. The first-order valence-electron chi connectivity index (χ1n) is 15.2. The summed E-state index contributed by atoms with van der Waals surface area (Å²) < 4.78 is 6.50. The van der Waals surface area contributed by atoms with E-state index < -0.39 is 0 Å². The van der Waals surface area contributed by atoms with Gasteiger partial charge in [-0.15, -0.1) is 0 Å². The molecule has 9 aromatic rings. The number of hydrogen-bond acceptors (Lipinski definition) is 3. The van der Waals surface area contributed by atoms with Gasteiger partial charge in [0.1, 0.15) is 11.2 Å². The Kier molecular flexibility index (Phi) is 5.82. The van der Waals surface area contributed by atoms with Gasteiger partial charge in [-0.25, -0.2) is 9.97 Å². The topological polar surface area (TPSA) is 38.9 Å². The van der Waals surface area contributed by atoms with Crippen molar-refractivity contribution >= 4 is 43.5 Å². The molecule has 0 fully saturated rings. The van der Waals surface area contributed by atoms with E-state index >= 15 is 0 Å². The van der Waals surface area contributed by atoms with Crippen LogP contribution in [0.4, 0.5) is 0 Å². The quantitative estimate of drug-likeness (QED) is 0.210. The molecule has 7 aromatic carbocycles. The molecule has 0 saturated heterocycles. The van der Waals surface area contributed by atoms with Crippen molar-refractivity contribution < 1.29 is 4.42 Å². The van der Waals surface area contributed by atoms with Gasteiger partial charge >= 0.3 is 0 Å². The van der Waals surface area contributed by atoms with E-state index in [2.05, 4.69) is 140 Å². The smallest absolute Gasteiger partial charge is 0.160 e. The van der Waals surface area contributed by atoms with Gasteiger partial charge < -0.3 is 4.42 Å². The van der Waals surface area contributed by atoms with E-state index in [-0.39, 0.29) is 0 Å². The first-order chi connectivity index (χ1) is 22.3. The Balaban J connectivity index is 1.33. The molecule has 2 heterocycles. The summed E-state index contributed by atoms with van der Waals surface area (Å²) in [6, 6.07) is 55.0. The van der Waals surface area contributed by atoms with Crippen LogP contribution in [0.2, 0.25) is 0 Å². The lowest BCUT2D eigenvalue weighted by Gasteiger charge is -2.12. The molecule has 0 amide bonds. The highest BCUT2D eigenvalue weighted by Gasteiger charge is 2.19. The standard InChI is InChI=1S/C42H26N2O/c1-2-12-29(13-3-1)37-26-38(44-42(43-37)33-21-19-28-11-5-7-15-31(28)23-33)36-24-34(32-20-18-27-10-4-6-14-30(27)22-32)25-40-41(36)35-16-8-9-17-39(35)45-40/h1-26H. The monoisotopic (exact) mass is 574 g/mol. The van der Waals surface area contributed by atoms with E-state index in [1.807, 2.05) is 18.2 Å². The molecule has 0 aliphatic carbocycles. The Morgan fingerprint density at radius 3 is 1.78 bits per heavy atom. The van der Waals surface area contributed by atoms with Gasteiger partial charge in [0.05, 0.1) is 11.4 Å². The molecule has 3 heteroatoms. The van der Waals surface area contributed by atoms with Gasteiger partial charge in [-0.05, 0) is 69.1 Å². The fourth-order valence-electron chi connectivity index (χ4n) is 6.39. The Morgan fingerprint density at radius 2 is 1.00 bits per heavy atom. The fourth-order valence-corrected chi connectivity index (χ4v) is 6.39. The minimum atomic E-state index is 0.689. The highest BCUT2D eigenvalue weighted by molar-refractivity contribution is 6.13. The second kappa shape index (κ2) is 10.3. The Morgan fingerprint density at radius 1 is 0.378 bits per heavy atom. The predicted molar refractivity (Wildman–Crippen MR) is 186 cm³/mol. The van der Waals surface area contributed by atoms with Crippen LogP contribution in [-0.4, -0.2) is 9.97 Å². The maximum absolute atomic E-state index is 6.50. The number of benzene rings is 7. The molecule has 0 saturated carbocycles. The summed E-state index contributed by atoms with van der Waals surface area (Å²) in [6.07, 6.45) is 0. The molecule has 0 aliphatic heterocycles. The lowest BCUT2D eigenvalue weighted by molar-refractivity contribution is 0.669. The van der Waals surface area contributed by atoms with Crippen LogP contribution in [-0.2, 0) is 0 Å². The van der Waals surface area contributed by atoms with Crippen LogP contribution >= 0.6 is 0 Å². The summed E-state index contributed by atoms with van der Waals surface area (Å²) in [5.41, 5.74) is 8.67. The van der Waals surface area contributed by atoms with E-state index in [1.165, 1.54) is 16.2 Å². The van der Waals surface area contributed by atoms with Crippen LogP contribution in [0.15, 0.2) is 162 Å². The molecule has 210 valence electrons. The minimum Gasteiger partial charge on any atom is -0.456 e. The Labute approximate surface area is 260 Å². The zero-order valence-corrected chi connectivity index (χ0v) is 24.3. The number of aromatic nitrogens is 2. The van der Waals surface area contributed by atoms with E-state index in [4.69, 9.17) is 14.4 Å². The third-order valence-corrected chi connectivity index (χ3v) is 8.64. The van der Waals surface area contributed by atoms with Gasteiger partial charge in [0.15, 0.2) is 5.82 Å². The predicted octanol–water partition coefficient (Wildman–Crippen LogP) is 11.4. The molecular formula is C42H26N2O. The summed E-state index contributed by atoms with van der Waals surface area (Å²) in [6.45, 7) is 0. The molecule has 0 atom stereocenters. The normalized spacial score (nSPS) is 11.6. The molecule has 9 rings (SSSR count). The van der Waals surface area contributed by atoms with Crippen LogP contribution in [0, 0.1) is 0 Å². The maximum atomic E-state index is 6.50. The summed E-state index contributed by atoms with van der Waals surface area (Å²) in [4.78, 5) is 10.4. The third kappa shape index (κ3) is 4.45. The van der Waals surface area contributed by atoms with Crippen LogP contribution < -0.4 is 0 Å². The summed E-state index contributed by atoms with van der Waals surface area (Å²) in [5, 5.41) is 6.89. The number of furan rings is 1. The molecule has 0 N–H and O–H groups in total. The van der Waals surface area contributed by atoms with Crippen LogP contribution in [0.5, 0.6) is 0 Å². The molecule has 0 unspecified atom stereocenters. The average molecular weight is 575 g/mol. The fraction of sp³-hybridized carbons (Fsp3) is 0. The third-order valence-electron chi connectivity index (χ3n) is 8.64. The summed E-state index contributed by atoms with van der Waals surface area (Å²) in [5.74, 6) is 0.689. The molecule has 0 bridgehead atoms. The number of rotatable bonds is 4. The van der Waals surface area contributed by atoms with Gasteiger partial charge in [-0.2, -0.15) is 0 Å². The van der Waals surface area contributed by atoms with Crippen molar-refractivity contribution in [3.8, 4) is 45.0 Å².